The van der Waals surface area contributed by atoms with E-state index >= 15 is 0 Å². The Kier molecular flexibility index (Phi) is 5.91. The smallest absolute Gasteiger partial charge is 0.335 e. The van der Waals surface area contributed by atoms with Crippen LogP contribution in [-0.4, -0.2) is 23.0 Å². The van der Waals surface area contributed by atoms with E-state index < -0.39 is 17.8 Å². The maximum atomic E-state index is 12.9. The number of hydrogen-bond donors (Lipinski definition) is 2. The monoisotopic (exact) mass is 448 g/mol. The Balaban J connectivity index is 1.52. The molecule has 3 aromatic rings. The lowest BCUT2D eigenvalue weighted by molar-refractivity contribution is -0.122. The summed E-state index contributed by atoms with van der Waals surface area (Å²) in [5.41, 5.74) is 1.46. The molecule has 0 aliphatic carbocycles. The van der Waals surface area contributed by atoms with Gasteiger partial charge in [-0.15, -0.1) is 0 Å². The average molecular weight is 449 g/mol. The van der Waals surface area contributed by atoms with Gasteiger partial charge in [-0.3, -0.25) is 14.9 Å². The molecule has 2 N–H and O–H groups in total. The third-order valence-corrected chi connectivity index (χ3v) is 5.12. The van der Waals surface area contributed by atoms with Crippen LogP contribution >= 0.6 is 11.6 Å². The number of halogens is 1. The van der Waals surface area contributed by atoms with Gasteiger partial charge in [0.25, 0.3) is 11.8 Å². The predicted octanol–water partition coefficient (Wildman–Crippen LogP) is 4.29. The van der Waals surface area contributed by atoms with Crippen molar-refractivity contribution in [1.82, 2.24) is 5.32 Å². The molecule has 4 amide bonds. The number of anilines is 1. The van der Waals surface area contributed by atoms with Crippen molar-refractivity contribution in [2.75, 3.05) is 4.90 Å². The second-order valence-electron chi connectivity index (χ2n) is 6.92. The number of urea groups is 1. The molecule has 0 bridgehead atoms. The first kappa shape index (κ1) is 21.1. The van der Waals surface area contributed by atoms with Gasteiger partial charge in [0.05, 0.1) is 5.69 Å². The highest BCUT2D eigenvalue weighted by Gasteiger charge is 2.36. The van der Waals surface area contributed by atoms with Crippen LogP contribution in [0.15, 0.2) is 78.4 Å². The predicted molar refractivity (Wildman–Crippen MR) is 119 cm³/mol. The van der Waals surface area contributed by atoms with Crippen molar-refractivity contribution in [3.63, 3.8) is 0 Å². The van der Waals surface area contributed by atoms with E-state index in [0.29, 0.717) is 22.9 Å². The highest BCUT2D eigenvalue weighted by Crippen LogP contribution is 2.25. The molecule has 3 aromatic carbocycles. The van der Waals surface area contributed by atoms with Gasteiger partial charge in [0, 0.05) is 10.6 Å². The number of ether oxygens (including phenoxy) is 1. The molecule has 7 nitrogen and oxygen atoms in total. The summed E-state index contributed by atoms with van der Waals surface area (Å²) >= 11 is 6.13. The maximum absolute atomic E-state index is 12.9. The summed E-state index contributed by atoms with van der Waals surface area (Å²) in [6.07, 6.45) is 1.40. The minimum atomic E-state index is -0.855. The number of phenols is 1. The summed E-state index contributed by atoms with van der Waals surface area (Å²) in [6, 6.07) is 18.8. The minimum absolute atomic E-state index is 0.0118. The molecule has 1 saturated heterocycles. The lowest BCUT2D eigenvalue weighted by Gasteiger charge is -2.26. The Bertz CT molecular complexity index is 1220. The number of imide groups is 2. The molecule has 0 radical (unpaired) electrons. The lowest BCUT2D eigenvalue weighted by Crippen LogP contribution is -2.54. The Morgan fingerprint density at radius 3 is 2.31 bits per heavy atom. The van der Waals surface area contributed by atoms with Crippen LogP contribution in [-0.2, 0) is 16.2 Å². The van der Waals surface area contributed by atoms with Gasteiger partial charge in [-0.1, -0.05) is 41.9 Å². The van der Waals surface area contributed by atoms with E-state index in [0.717, 1.165) is 10.5 Å². The van der Waals surface area contributed by atoms with Crippen LogP contribution in [0.1, 0.15) is 11.1 Å². The second-order valence-corrected chi connectivity index (χ2v) is 7.33. The number of hydrogen-bond acceptors (Lipinski definition) is 5. The molecular weight excluding hydrogens is 432 g/mol. The van der Waals surface area contributed by atoms with Gasteiger partial charge in [-0.2, -0.15) is 0 Å². The fourth-order valence-corrected chi connectivity index (χ4v) is 3.29. The van der Waals surface area contributed by atoms with Crippen LogP contribution in [0.2, 0.25) is 5.02 Å². The summed E-state index contributed by atoms with van der Waals surface area (Å²) in [5.74, 6) is -0.966. The van der Waals surface area contributed by atoms with Crippen LogP contribution in [0.4, 0.5) is 10.5 Å². The lowest BCUT2D eigenvalue weighted by atomic mass is 10.1. The zero-order chi connectivity index (χ0) is 22.7. The van der Waals surface area contributed by atoms with Gasteiger partial charge in [0.15, 0.2) is 0 Å². The minimum Gasteiger partial charge on any atom is -0.508 e. The zero-order valence-corrected chi connectivity index (χ0v) is 17.4. The number of aromatic hydroxyl groups is 1. The van der Waals surface area contributed by atoms with E-state index in [2.05, 4.69) is 5.32 Å². The van der Waals surface area contributed by atoms with Gasteiger partial charge >= 0.3 is 6.03 Å². The standard InChI is InChI=1S/C24H17ClN2O5/c25-21-4-2-1-3-16(21)14-32-19-11-5-15(6-12-19)13-20-22(29)26-24(31)27(23(20)30)17-7-9-18(28)10-8-17/h1-13,28H,14H2,(H,26,29,31)/b20-13+. The Morgan fingerprint density at radius 1 is 0.938 bits per heavy atom. The Labute approximate surface area is 188 Å². The average Bonchev–Trinajstić information content (AvgIpc) is 2.78. The Morgan fingerprint density at radius 2 is 1.62 bits per heavy atom. The zero-order valence-electron chi connectivity index (χ0n) is 16.6. The Hall–Kier alpha value is -4.10. The van der Waals surface area contributed by atoms with Gasteiger partial charge in [0.1, 0.15) is 23.7 Å². The van der Waals surface area contributed by atoms with Crippen molar-refractivity contribution >= 4 is 41.2 Å². The number of carbonyl (C=O) groups excluding carboxylic acids is 3. The van der Waals surface area contributed by atoms with E-state index in [9.17, 15) is 19.5 Å². The van der Waals surface area contributed by atoms with Gasteiger partial charge in [0.2, 0.25) is 0 Å². The van der Waals surface area contributed by atoms with E-state index in [4.69, 9.17) is 16.3 Å². The van der Waals surface area contributed by atoms with Gasteiger partial charge < -0.3 is 9.84 Å². The summed E-state index contributed by atoms with van der Waals surface area (Å²) in [4.78, 5) is 38.2. The fourth-order valence-electron chi connectivity index (χ4n) is 3.10. The number of phenolic OH excluding ortho intramolecular Hbond substituents is 1. The summed E-state index contributed by atoms with van der Waals surface area (Å²) < 4.78 is 5.73. The molecule has 160 valence electrons. The van der Waals surface area contributed by atoms with Crippen LogP contribution in [0.5, 0.6) is 11.5 Å². The van der Waals surface area contributed by atoms with Crippen LogP contribution in [0.3, 0.4) is 0 Å². The molecule has 0 spiro atoms. The third-order valence-electron chi connectivity index (χ3n) is 4.75. The topological polar surface area (TPSA) is 95.9 Å². The molecule has 32 heavy (non-hydrogen) atoms. The van der Waals surface area contributed by atoms with Crippen molar-refractivity contribution in [1.29, 1.82) is 0 Å². The first-order chi connectivity index (χ1) is 15.4. The second kappa shape index (κ2) is 8.95. The first-order valence-electron chi connectivity index (χ1n) is 9.59. The number of nitrogens with zero attached hydrogens (tertiary/aromatic N) is 1. The SMILES string of the molecule is O=C1NC(=O)N(c2ccc(O)cc2)C(=O)/C1=C/c1ccc(OCc2ccccc2Cl)cc1. The number of benzene rings is 3. The molecule has 1 heterocycles. The third kappa shape index (κ3) is 4.48. The number of barbiturate groups is 1. The molecule has 4 rings (SSSR count). The van der Waals surface area contributed by atoms with E-state index in [1.54, 1.807) is 30.3 Å². The maximum Gasteiger partial charge on any atom is 0.335 e. The first-order valence-corrected chi connectivity index (χ1v) is 9.97. The van der Waals surface area contributed by atoms with E-state index in [1.807, 2.05) is 18.2 Å². The van der Waals surface area contributed by atoms with Crippen molar-refractivity contribution in [2.45, 2.75) is 6.61 Å². The molecule has 8 heteroatoms. The molecule has 0 atom stereocenters. The van der Waals surface area contributed by atoms with E-state index in [1.165, 1.54) is 30.3 Å². The summed E-state index contributed by atoms with van der Waals surface area (Å²) in [5, 5.41) is 12.2. The molecule has 0 saturated carbocycles. The number of carbonyl (C=O) groups is 3. The van der Waals surface area contributed by atoms with Crippen LogP contribution < -0.4 is 15.0 Å². The summed E-state index contributed by atoms with van der Waals surface area (Å²) in [6.45, 7) is 0.296. The fraction of sp³-hybridized carbons (Fsp3) is 0.0417. The molecule has 1 aliphatic heterocycles. The highest BCUT2D eigenvalue weighted by molar-refractivity contribution is 6.39. The van der Waals surface area contributed by atoms with Crippen LogP contribution in [0, 0.1) is 0 Å². The van der Waals surface area contributed by atoms with Gasteiger partial charge in [-0.05, 0) is 54.1 Å². The van der Waals surface area contributed by atoms with Crippen molar-refractivity contribution in [3.05, 3.63) is 94.5 Å². The molecular formula is C24H17ClN2O5. The van der Waals surface area contributed by atoms with Crippen molar-refractivity contribution in [2.24, 2.45) is 0 Å². The normalized spacial score (nSPS) is 15.1. The van der Waals surface area contributed by atoms with Crippen molar-refractivity contribution < 1.29 is 24.2 Å². The number of rotatable bonds is 5. The molecule has 0 unspecified atom stereocenters. The van der Waals surface area contributed by atoms with E-state index in [-0.39, 0.29) is 17.0 Å². The quantitative estimate of drug-likeness (QED) is 0.448. The van der Waals surface area contributed by atoms with Gasteiger partial charge in [-0.25, -0.2) is 9.69 Å². The highest BCUT2D eigenvalue weighted by atomic mass is 35.5. The largest absolute Gasteiger partial charge is 0.508 e. The van der Waals surface area contributed by atoms with Crippen LogP contribution in [0.25, 0.3) is 6.08 Å². The molecule has 1 fully saturated rings. The number of amides is 4. The number of nitrogens with one attached hydrogen (secondary N) is 1. The van der Waals surface area contributed by atoms with Crippen molar-refractivity contribution in [3.8, 4) is 11.5 Å². The summed E-state index contributed by atoms with van der Waals surface area (Å²) in [7, 11) is 0. The molecule has 1 aliphatic rings. The molecule has 0 aromatic heterocycles.